The third-order valence-electron chi connectivity index (χ3n) is 5.26. The molecule has 2 heterocycles. The van der Waals surface area contributed by atoms with Crippen molar-refractivity contribution in [2.75, 3.05) is 13.1 Å². The van der Waals surface area contributed by atoms with Crippen LogP contribution >= 0.6 is 0 Å². The lowest BCUT2D eigenvalue weighted by Crippen LogP contribution is -2.46. The average molecular weight is 319 g/mol. The summed E-state index contributed by atoms with van der Waals surface area (Å²) in [5.74, 6) is 2.03. The van der Waals surface area contributed by atoms with Crippen LogP contribution in [0.5, 0.6) is 0 Å². The molecule has 0 bridgehead atoms. The van der Waals surface area contributed by atoms with Crippen LogP contribution in [0, 0.1) is 19.8 Å². The van der Waals surface area contributed by atoms with Crippen LogP contribution < -0.4 is 5.32 Å². The SMILES string of the molecule is Cc1nc(CN2CCC[C@H](C(=O)NC3CCCCC3)C2)oc1C. The fourth-order valence-corrected chi connectivity index (χ4v) is 3.78. The topological polar surface area (TPSA) is 58.4 Å². The van der Waals surface area contributed by atoms with Crippen molar-refractivity contribution in [3.8, 4) is 0 Å². The molecule has 0 unspecified atom stereocenters. The second-order valence-corrected chi connectivity index (χ2v) is 7.17. The van der Waals surface area contributed by atoms with Crippen LogP contribution in [0.3, 0.4) is 0 Å². The van der Waals surface area contributed by atoms with Crippen LogP contribution in [-0.2, 0) is 11.3 Å². The Bertz CT molecular complexity index is 515. The molecule has 0 spiro atoms. The lowest BCUT2D eigenvalue weighted by molar-refractivity contribution is -0.127. The number of amides is 1. The minimum atomic E-state index is 0.114. The molecule has 3 rings (SSSR count). The summed E-state index contributed by atoms with van der Waals surface area (Å²) in [4.78, 5) is 19.3. The van der Waals surface area contributed by atoms with Gasteiger partial charge in [0, 0.05) is 12.6 Å². The zero-order chi connectivity index (χ0) is 16.2. The van der Waals surface area contributed by atoms with E-state index in [0.717, 1.165) is 56.1 Å². The maximum Gasteiger partial charge on any atom is 0.224 e. The van der Waals surface area contributed by atoms with Crippen molar-refractivity contribution in [1.82, 2.24) is 15.2 Å². The number of carbonyl (C=O) groups is 1. The Balaban J connectivity index is 1.51. The molecule has 1 saturated heterocycles. The zero-order valence-electron chi connectivity index (χ0n) is 14.4. The molecule has 1 aromatic heterocycles. The van der Waals surface area contributed by atoms with Crippen molar-refractivity contribution in [2.45, 2.75) is 71.4 Å². The van der Waals surface area contributed by atoms with Gasteiger partial charge in [-0.25, -0.2) is 4.98 Å². The number of hydrogen-bond donors (Lipinski definition) is 1. The van der Waals surface area contributed by atoms with Crippen LogP contribution in [0.15, 0.2) is 4.42 Å². The molecule has 5 heteroatoms. The second kappa shape index (κ2) is 7.47. The minimum Gasteiger partial charge on any atom is -0.444 e. The van der Waals surface area contributed by atoms with Crippen LogP contribution in [0.1, 0.15) is 62.3 Å². The van der Waals surface area contributed by atoms with E-state index in [0.29, 0.717) is 12.6 Å². The maximum absolute atomic E-state index is 12.5. The maximum atomic E-state index is 12.5. The lowest BCUT2D eigenvalue weighted by atomic mass is 9.93. The Morgan fingerprint density at radius 1 is 1.22 bits per heavy atom. The van der Waals surface area contributed by atoms with Crippen LogP contribution in [-0.4, -0.2) is 34.9 Å². The highest BCUT2D eigenvalue weighted by atomic mass is 16.4. The first-order valence-corrected chi connectivity index (χ1v) is 9.07. The van der Waals surface area contributed by atoms with Gasteiger partial charge in [0.25, 0.3) is 0 Å². The summed E-state index contributed by atoms with van der Waals surface area (Å²) < 4.78 is 5.68. The molecule has 1 saturated carbocycles. The van der Waals surface area contributed by atoms with E-state index in [9.17, 15) is 4.79 Å². The summed E-state index contributed by atoms with van der Waals surface area (Å²) in [6.45, 7) is 6.47. The third kappa shape index (κ3) is 4.34. The molecule has 1 aliphatic carbocycles. The van der Waals surface area contributed by atoms with Crippen molar-refractivity contribution in [2.24, 2.45) is 5.92 Å². The Morgan fingerprint density at radius 3 is 2.70 bits per heavy atom. The van der Waals surface area contributed by atoms with Crippen LogP contribution in [0.25, 0.3) is 0 Å². The van der Waals surface area contributed by atoms with Crippen LogP contribution in [0.2, 0.25) is 0 Å². The quantitative estimate of drug-likeness (QED) is 0.927. The predicted molar refractivity (Wildman–Crippen MR) is 89.0 cm³/mol. The zero-order valence-corrected chi connectivity index (χ0v) is 14.4. The average Bonchev–Trinajstić information content (AvgIpc) is 2.86. The van der Waals surface area contributed by atoms with E-state index in [1.807, 2.05) is 13.8 Å². The molecular weight excluding hydrogens is 290 g/mol. The van der Waals surface area contributed by atoms with Crippen molar-refractivity contribution in [3.05, 3.63) is 17.3 Å². The minimum absolute atomic E-state index is 0.114. The van der Waals surface area contributed by atoms with E-state index in [4.69, 9.17) is 4.42 Å². The van der Waals surface area contributed by atoms with E-state index in [1.165, 1.54) is 19.3 Å². The summed E-state index contributed by atoms with van der Waals surface area (Å²) in [5, 5.41) is 3.28. The number of likely N-dealkylation sites (tertiary alicyclic amines) is 1. The molecule has 23 heavy (non-hydrogen) atoms. The number of rotatable bonds is 4. The fourth-order valence-electron chi connectivity index (χ4n) is 3.78. The summed E-state index contributed by atoms with van der Waals surface area (Å²) >= 11 is 0. The van der Waals surface area contributed by atoms with Gasteiger partial charge in [0.2, 0.25) is 11.8 Å². The first-order chi connectivity index (χ1) is 11.1. The summed E-state index contributed by atoms with van der Waals surface area (Å²) in [6.07, 6.45) is 8.20. The van der Waals surface area contributed by atoms with Gasteiger partial charge in [0.05, 0.1) is 18.2 Å². The fraction of sp³-hybridized carbons (Fsp3) is 0.778. The highest BCUT2D eigenvalue weighted by molar-refractivity contribution is 5.79. The molecule has 1 aromatic rings. The van der Waals surface area contributed by atoms with Crippen molar-refractivity contribution in [1.29, 1.82) is 0 Å². The smallest absolute Gasteiger partial charge is 0.224 e. The standard InChI is InChI=1S/C18H29N3O2/c1-13-14(2)23-17(19-13)12-21-10-6-7-15(11-21)18(22)20-16-8-4-3-5-9-16/h15-16H,3-12H2,1-2H3,(H,20,22)/t15-/m0/s1. The van der Waals surface area contributed by atoms with Gasteiger partial charge in [-0.05, 0) is 46.1 Å². The van der Waals surface area contributed by atoms with E-state index < -0.39 is 0 Å². The van der Waals surface area contributed by atoms with Crippen molar-refractivity contribution in [3.63, 3.8) is 0 Å². The molecule has 2 aliphatic rings. The highest BCUT2D eigenvalue weighted by Gasteiger charge is 2.28. The van der Waals surface area contributed by atoms with Gasteiger partial charge in [0.15, 0.2) is 0 Å². The molecule has 1 aliphatic heterocycles. The first kappa shape index (κ1) is 16.5. The molecule has 1 atom stereocenters. The number of hydrogen-bond acceptors (Lipinski definition) is 4. The van der Waals surface area contributed by atoms with Crippen molar-refractivity contribution >= 4 is 5.91 Å². The van der Waals surface area contributed by atoms with Gasteiger partial charge >= 0.3 is 0 Å². The van der Waals surface area contributed by atoms with Crippen LogP contribution in [0.4, 0.5) is 0 Å². The van der Waals surface area contributed by atoms with Gasteiger partial charge in [0.1, 0.15) is 5.76 Å². The van der Waals surface area contributed by atoms with Gasteiger partial charge < -0.3 is 9.73 Å². The number of aryl methyl sites for hydroxylation is 2. The van der Waals surface area contributed by atoms with Crippen molar-refractivity contribution < 1.29 is 9.21 Å². The van der Waals surface area contributed by atoms with E-state index in [1.54, 1.807) is 0 Å². The number of carbonyl (C=O) groups excluding carboxylic acids is 1. The Morgan fingerprint density at radius 2 is 2.00 bits per heavy atom. The monoisotopic (exact) mass is 319 g/mol. The number of nitrogens with zero attached hydrogens (tertiary/aromatic N) is 2. The summed E-state index contributed by atoms with van der Waals surface area (Å²) in [7, 11) is 0. The first-order valence-electron chi connectivity index (χ1n) is 9.07. The molecular formula is C18H29N3O2. The molecule has 0 radical (unpaired) electrons. The predicted octanol–water partition coefficient (Wildman–Crippen LogP) is 2.95. The summed E-state index contributed by atoms with van der Waals surface area (Å²) in [5.41, 5.74) is 0.962. The van der Waals surface area contributed by atoms with Gasteiger partial charge in [-0.1, -0.05) is 19.3 Å². The largest absolute Gasteiger partial charge is 0.444 e. The highest BCUT2D eigenvalue weighted by Crippen LogP contribution is 2.22. The summed E-state index contributed by atoms with van der Waals surface area (Å²) in [6, 6.07) is 0.406. The molecule has 1 N–H and O–H groups in total. The van der Waals surface area contributed by atoms with E-state index >= 15 is 0 Å². The normalized spacial score (nSPS) is 23.8. The van der Waals surface area contributed by atoms with Gasteiger partial charge in [-0.2, -0.15) is 0 Å². The Hall–Kier alpha value is -1.36. The number of nitrogens with one attached hydrogen (secondary N) is 1. The number of oxazole rings is 1. The van der Waals surface area contributed by atoms with E-state index in [-0.39, 0.29) is 11.8 Å². The number of piperidine rings is 1. The van der Waals surface area contributed by atoms with Gasteiger partial charge in [-0.3, -0.25) is 9.69 Å². The molecule has 5 nitrogen and oxygen atoms in total. The third-order valence-corrected chi connectivity index (χ3v) is 5.26. The second-order valence-electron chi connectivity index (χ2n) is 7.17. The molecule has 2 fully saturated rings. The molecule has 128 valence electrons. The van der Waals surface area contributed by atoms with E-state index in [2.05, 4.69) is 15.2 Å². The van der Waals surface area contributed by atoms with Gasteiger partial charge in [-0.15, -0.1) is 0 Å². The molecule has 0 aromatic carbocycles. The lowest BCUT2D eigenvalue weighted by Gasteiger charge is -2.32. The Kier molecular flexibility index (Phi) is 5.36. The molecule has 1 amide bonds. The number of aromatic nitrogens is 1. The Labute approximate surface area is 138 Å².